The van der Waals surface area contributed by atoms with Gasteiger partial charge in [0.05, 0.1) is 11.9 Å². The van der Waals surface area contributed by atoms with E-state index in [9.17, 15) is 18.0 Å². The summed E-state index contributed by atoms with van der Waals surface area (Å²) in [6.07, 6.45) is 0.790. The molecule has 1 aromatic rings. The van der Waals surface area contributed by atoms with Crippen LogP contribution in [0.2, 0.25) is 0 Å². The molecule has 0 saturated carbocycles. The largest absolute Gasteiger partial charge is 0.479 e. The first-order valence-electron chi connectivity index (χ1n) is 6.35. The van der Waals surface area contributed by atoms with Gasteiger partial charge in [-0.15, -0.1) is 0 Å². The predicted octanol–water partition coefficient (Wildman–Crippen LogP) is 0.414. The summed E-state index contributed by atoms with van der Waals surface area (Å²) in [5.41, 5.74) is 1.36. The average Bonchev–Trinajstić information content (AvgIpc) is 2.36. The number of benzene rings is 1. The van der Waals surface area contributed by atoms with Crippen LogP contribution in [0.4, 0.5) is 5.69 Å². The molecule has 0 aliphatic carbocycles. The summed E-state index contributed by atoms with van der Waals surface area (Å²) in [6.45, 7) is 1.65. The van der Waals surface area contributed by atoms with E-state index < -0.39 is 22.0 Å². The Labute approximate surface area is 122 Å². The number of hydrogen-bond acceptors (Lipinski definition) is 5. The lowest BCUT2D eigenvalue weighted by Crippen LogP contribution is -2.34. The van der Waals surface area contributed by atoms with Crippen molar-refractivity contribution in [3.63, 3.8) is 0 Å². The number of hydrogen-bond donors (Lipinski definition) is 2. The minimum Gasteiger partial charge on any atom is -0.479 e. The molecule has 21 heavy (non-hydrogen) atoms. The fraction of sp³-hybridized carbons (Fsp3) is 0.385. The van der Waals surface area contributed by atoms with Gasteiger partial charge in [0.2, 0.25) is 15.9 Å². The van der Waals surface area contributed by atoms with Crippen LogP contribution in [0.3, 0.4) is 0 Å². The molecule has 2 rings (SSSR count). The Bertz CT molecular complexity index is 684. The Balaban J connectivity index is 2.01. The molecule has 1 aromatic carbocycles. The number of rotatable bonds is 4. The Morgan fingerprint density at radius 2 is 2.14 bits per heavy atom. The molecule has 0 radical (unpaired) electrons. The molecule has 0 bridgehead atoms. The van der Waals surface area contributed by atoms with E-state index in [0.717, 1.165) is 11.8 Å². The van der Waals surface area contributed by atoms with Gasteiger partial charge in [0, 0.05) is 6.42 Å². The number of carbonyl (C=O) groups is 2. The van der Waals surface area contributed by atoms with E-state index in [1.807, 2.05) is 4.72 Å². The number of amides is 2. The molecule has 8 heteroatoms. The molecule has 114 valence electrons. The van der Waals surface area contributed by atoms with Gasteiger partial charge >= 0.3 is 0 Å². The zero-order valence-electron chi connectivity index (χ0n) is 11.7. The zero-order valence-corrected chi connectivity index (χ0v) is 12.5. The first-order valence-corrected chi connectivity index (χ1v) is 8.25. The minimum absolute atomic E-state index is 0.0388. The van der Waals surface area contributed by atoms with Crippen molar-refractivity contribution in [1.82, 2.24) is 4.72 Å². The highest BCUT2D eigenvalue weighted by atomic mass is 32.2. The van der Waals surface area contributed by atoms with E-state index in [1.165, 1.54) is 0 Å². The Kier molecular flexibility index (Phi) is 4.17. The Hall–Kier alpha value is -2.09. The summed E-state index contributed by atoms with van der Waals surface area (Å²) in [5, 5.41) is 2.72. The summed E-state index contributed by atoms with van der Waals surface area (Å²) < 4.78 is 29.2. The van der Waals surface area contributed by atoms with Crippen LogP contribution in [0.25, 0.3) is 0 Å². The lowest BCUT2D eigenvalue weighted by Gasteiger charge is -2.23. The number of ether oxygens (including phenoxy) is 1. The van der Waals surface area contributed by atoms with Crippen molar-refractivity contribution < 1.29 is 22.7 Å². The van der Waals surface area contributed by atoms with Crippen LogP contribution >= 0.6 is 0 Å². The fourth-order valence-corrected chi connectivity index (χ4v) is 2.44. The fourth-order valence-electron chi connectivity index (χ4n) is 1.93. The summed E-state index contributed by atoms with van der Waals surface area (Å²) >= 11 is 0. The molecule has 1 atom stereocenters. The van der Waals surface area contributed by atoms with E-state index in [2.05, 4.69) is 5.32 Å². The highest BCUT2D eigenvalue weighted by molar-refractivity contribution is 7.89. The van der Waals surface area contributed by atoms with Crippen LogP contribution in [0, 0.1) is 0 Å². The monoisotopic (exact) mass is 312 g/mol. The zero-order chi connectivity index (χ0) is 15.6. The maximum Gasteiger partial charge on any atom is 0.265 e. The third kappa shape index (κ3) is 4.19. The highest BCUT2D eigenvalue weighted by Gasteiger charge is 2.23. The van der Waals surface area contributed by atoms with Crippen LogP contribution in [0.5, 0.6) is 5.75 Å². The van der Waals surface area contributed by atoms with Gasteiger partial charge in [0.25, 0.3) is 5.91 Å². The number of sulfonamides is 1. The van der Waals surface area contributed by atoms with Crippen molar-refractivity contribution in [3.8, 4) is 5.75 Å². The van der Waals surface area contributed by atoms with Crippen molar-refractivity contribution in [1.29, 1.82) is 0 Å². The van der Waals surface area contributed by atoms with Crippen LogP contribution in [-0.2, 0) is 26.0 Å². The van der Waals surface area contributed by atoms with Gasteiger partial charge < -0.3 is 10.1 Å². The van der Waals surface area contributed by atoms with Crippen LogP contribution in [0.15, 0.2) is 18.2 Å². The molecule has 7 nitrogen and oxygen atoms in total. The van der Waals surface area contributed by atoms with Crippen molar-refractivity contribution in [2.75, 3.05) is 11.6 Å². The molecular formula is C13H16N2O5S. The molecule has 1 unspecified atom stereocenters. The number of carbonyl (C=O) groups excluding carboxylic acids is 2. The van der Waals surface area contributed by atoms with E-state index in [0.29, 0.717) is 17.9 Å². The second-order valence-corrected chi connectivity index (χ2v) is 6.63. The van der Waals surface area contributed by atoms with Gasteiger partial charge in [-0.05, 0) is 31.0 Å². The molecule has 1 heterocycles. The van der Waals surface area contributed by atoms with E-state index in [-0.39, 0.29) is 12.3 Å². The minimum atomic E-state index is -3.53. The summed E-state index contributed by atoms with van der Waals surface area (Å²) in [4.78, 5) is 23.0. The third-order valence-corrected chi connectivity index (χ3v) is 3.51. The molecule has 0 fully saturated rings. The molecule has 0 spiro atoms. The number of fused-ring (bicyclic) bond motifs is 1. The van der Waals surface area contributed by atoms with Crippen molar-refractivity contribution in [2.45, 2.75) is 25.9 Å². The maximum absolute atomic E-state index is 11.5. The van der Waals surface area contributed by atoms with Crippen molar-refractivity contribution in [2.24, 2.45) is 0 Å². The molecule has 2 N–H and O–H groups in total. The molecular weight excluding hydrogens is 296 g/mol. The topological polar surface area (TPSA) is 102 Å². The molecule has 0 aromatic heterocycles. The SMILES string of the molecule is CC1Oc2ccc(CCC(=O)NS(C)(=O)=O)cc2NC1=O. The molecule has 1 aliphatic rings. The number of anilines is 1. The van der Waals surface area contributed by atoms with Gasteiger partial charge in [0.15, 0.2) is 6.10 Å². The average molecular weight is 312 g/mol. The van der Waals surface area contributed by atoms with Gasteiger partial charge in [0.1, 0.15) is 5.75 Å². The Morgan fingerprint density at radius 3 is 2.81 bits per heavy atom. The van der Waals surface area contributed by atoms with E-state index in [4.69, 9.17) is 4.74 Å². The van der Waals surface area contributed by atoms with Crippen LogP contribution in [-0.4, -0.2) is 32.6 Å². The maximum atomic E-state index is 11.5. The first-order chi connectivity index (χ1) is 9.74. The summed E-state index contributed by atoms with van der Waals surface area (Å²) in [5.74, 6) is -0.218. The molecule has 0 saturated heterocycles. The quantitative estimate of drug-likeness (QED) is 0.838. The van der Waals surface area contributed by atoms with Gasteiger partial charge in [-0.2, -0.15) is 0 Å². The van der Waals surface area contributed by atoms with E-state index >= 15 is 0 Å². The summed E-state index contributed by atoms with van der Waals surface area (Å²) in [6, 6.07) is 5.21. The van der Waals surface area contributed by atoms with Crippen LogP contribution < -0.4 is 14.8 Å². The lowest BCUT2D eigenvalue weighted by atomic mass is 10.1. The first kappa shape index (κ1) is 15.3. The lowest BCUT2D eigenvalue weighted by molar-refractivity contribution is -0.122. The Morgan fingerprint density at radius 1 is 1.43 bits per heavy atom. The normalized spacial score (nSPS) is 17.4. The predicted molar refractivity (Wildman–Crippen MR) is 76.5 cm³/mol. The highest BCUT2D eigenvalue weighted by Crippen LogP contribution is 2.30. The second kappa shape index (κ2) is 5.72. The second-order valence-electron chi connectivity index (χ2n) is 4.88. The standard InChI is InChI=1S/C13H16N2O5S/c1-8-13(17)14-10-7-9(3-5-11(10)20-8)4-6-12(16)15-21(2,18)19/h3,5,7-8H,4,6H2,1-2H3,(H,14,17)(H,15,16). The van der Waals surface area contributed by atoms with Crippen molar-refractivity contribution >= 4 is 27.5 Å². The van der Waals surface area contributed by atoms with Crippen LogP contribution in [0.1, 0.15) is 18.9 Å². The molecule has 2 amide bonds. The van der Waals surface area contributed by atoms with Gasteiger partial charge in [-0.25, -0.2) is 8.42 Å². The smallest absolute Gasteiger partial charge is 0.265 e. The summed E-state index contributed by atoms with van der Waals surface area (Å²) in [7, 11) is -3.53. The van der Waals surface area contributed by atoms with Gasteiger partial charge in [-0.3, -0.25) is 14.3 Å². The van der Waals surface area contributed by atoms with Crippen molar-refractivity contribution in [3.05, 3.63) is 23.8 Å². The van der Waals surface area contributed by atoms with E-state index in [1.54, 1.807) is 25.1 Å². The third-order valence-electron chi connectivity index (χ3n) is 2.91. The van der Waals surface area contributed by atoms with Gasteiger partial charge in [-0.1, -0.05) is 6.07 Å². The molecule has 1 aliphatic heterocycles. The number of nitrogens with one attached hydrogen (secondary N) is 2. The number of aryl methyl sites for hydroxylation is 1.